The number of ether oxygens (including phenoxy) is 3. The van der Waals surface area contributed by atoms with Gasteiger partial charge in [-0.05, 0) is 83.4 Å². The van der Waals surface area contributed by atoms with Crippen LogP contribution < -0.4 is 16.0 Å². The number of cyclic esters (lactones) is 1. The normalized spacial score (nSPS) is 28.8. The molecular weight excluding hydrogens is 712 g/mol. The summed E-state index contributed by atoms with van der Waals surface area (Å²) in [6.45, 7) is 5.56. The highest BCUT2D eigenvalue weighted by Crippen LogP contribution is 2.65. The molecule has 6 rings (SSSR count). The molecule has 5 amide bonds. The van der Waals surface area contributed by atoms with E-state index in [0.29, 0.717) is 55.6 Å². The van der Waals surface area contributed by atoms with Gasteiger partial charge in [0.25, 0.3) is 11.8 Å². The largest absolute Gasteiger partial charge is 0.466 e. The Balaban J connectivity index is 1.02. The predicted molar refractivity (Wildman–Crippen MR) is 195 cm³/mol. The molecule has 1 saturated carbocycles. The van der Waals surface area contributed by atoms with E-state index in [1.54, 1.807) is 50.3 Å². The van der Waals surface area contributed by atoms with Crippen LogP contribution in [-0.2, 0) is 43.0 Å². The Morgan fingerprint density at radius 2 is 1.78 bits per heavy atom. The minimum atomic E-state index is -1.19. The number of nitrogens with zero attached hydrogens (tertiary/aromatic N) is 1. The van der Waals surface area contributed by atoms with Crippen molar-refractivity contribution >= 4 is 53.1 Å². The van der Waals surface area contributed by atoms with Crippen LogP contribution in [0, 0.1) is 11.3 Å². The molecule has 1 aromatic carbocycles. The zero-order valence-electron chi connectivity index (χ0n) is 31.4. The van der Waals surface area contributed by atoms with Gasteiger partial charge in [-0.15, -0.1) is 0 Å². The van der Waals surface area contributed by atoms with Crippen LogP contribution in [0.15, 0.2) is 53.6 Å². The van der Waals surface area contributed by atoms with Gasteiger partial charge in [-0.25, -0.2) is 4.79 Å². The number of allylic oxidation sites excluding steroid dienone is 3. The summed E-state index contributed by atoms with van der Waals surface area (Å²) in [5, 5.41) is 8.27. The molecule has 0 radical (unpaired) electrons. The smallest absolute Gasteiger partial charge is 0.333 e. The third-order valence-corrected chi connectivity index (χ3v) is 11.7. The molecule has 2 bridgehead atoms. The first-order valence-corrected chi connectivity index (χ1v) is 18.6. The van der Waals surface area contributed by atoms with E-state index in [0.717, 1.165) is 4.90 Å². The van der Waals surface area contributed by atoms with Crippen molar-refractivity contribution in [2.45, 2.75) is 95.8 Å². The molecule has 0 spiro atoms. The molecule has 5 aliphatic rings. The third-order valence-electron chi connectivity index (χ3n) is 11.7. The molecule has 3 N–H and O–H groups in total. The minimum Gasteiger partial charge on any atom is -0.466 e. The number of benzene rings is 1. The number of imide groups is 2. The number of rotatable bonds is 12. The lowest BCUT2D eigenvalue weighted by Gasteiger charge is -2.54. The number of carbonyl (C=O) groups excluding carboxylic acids is 8. The van der Waals surface area contributed by atoms with Crippen LogP contribution >= 0.6 is 0 Å². The predicted octanol–water partition coefficient (Wildman–Crippen LogP) is 3.20. The molecule has 2 saturated heterocycles. The summed E-state index contributed by atoms with van der Waals surface area (Å²) in [7, 11) is 1.30. The SMILES string of the molecule is COC(=O)C1=CC[C@@]23CC[C@H]([C@@](C)(/C=C/C=C(\C)C(=O)NCCCCNc4cccc5c4C(=O)N(C4CCC(=O)NC4=O)C5=O)OC2=O)[C@@]3(OC(C)=O)CC1. The van der Waals surface area contributed by atoms with Gasteiger partial charge >= 0.3 is 17.9 Å². The van der Waals surface area contributed by atoms with E-state index in [-0.39, 0.29) is 55.1 Å². The van der Waals surface area contributed by atoms with Gasteiger partial charge in [-0.1, -0.05) is 24.3 Å². The van der Waals surface area contributed by atoms with Crippen molar-refractivity contribution in [1.29, 1.82) is 0 Å². The fraction of sp³-hybridized carbons (Fsp3) is 0.500. The Bertz CT molecular complexity index is 1950. The average Bonchev–Trinajstić information content (AvgIpc) is 3.47. The molecule has 3 fully saturated rings. The molecule has 0 aromatic heterocycles. The molecule has 1 unspecified atom stereocenters. The van der Waals surface area contributed by atoms with Gasteiger partial charge in [0.2, 0.25) is 17.7 Å². The maximum Gasteiger partial charge on any atom is 0.333 e. The lowest BCUT2D eigenvalue weighted by atomic mass is 9.62. The van der Waals surface area contributed by atoms with Gasteiger partial charge < -0.3 is 24.8 Å². The molecule has 55 heavy (non-hydrogen) atoms. The molecule has 15 nitrogen and oxygen atoms in total. The van der Waals surface area contributed by atoms with Crippen LogP contribution in [0.3, 0.4) is 0 Å². The summed E-state index contributed by atoms with van der Waals surface area (Å²) in [5.41, 5.74) is -1.77. The van der Waals surface area contributed by atoms with E-state index in [1.807, 2.05) is 0 Å². The molecule has 3 aliphatic heterocycles. The summed E-state index contributed by atoms with van der Waals surface area (Å²) in [4.78, 5) is 103. The van der Waals surface area contributed by atoms with Crippen molar-refractivity contribution < 1.29 is 52.6 Å². The Kier molecular flexibility index (Phi) is 10.9. The molecule has 2 aliphatic carbocycles. The second-order valence-corrected chi connectivity index (χ2v) is 14.9. The fourth-order valence-electron chi connectivity index (χ4n) is 8.93. The van der Waals surface area contributed by atoms with E-state index in [1.165, 1.54) is 20.1 Å². The number of nitrogens with one attached hydrogen (secondary N) is 3. The Morgan fingerprint density at radius 1 is 1.02 bits per heavy atom. The van der Waals surface area contributed by atoms with Crippen LogP contribution in [-0.4, -0.2) is 89.8 Å². The lowest BCUT2D eigenvalue weighted by molar-refractivity contribution is -0.235. The number of anilines is 1. The van der Waals surface area contributed by atoms with Crippen LogP contribution in [0.2, 0.25) is 0 Å². The highest BCUT2D eigenvalue weighted by atomic mass is 16.6. The quantitative estimate of drug-likeness (QED) is 0.0703. The lowest BCUT2D eigenvalue weighted by Crippen LogP contribution is -2.65. The molecule has 292 valence electrons. The Hall–Kier alpha value is -5.60. The van der Waals surface area contributed by atoms with Crippen molar-refractivity contribution in [3.63, 3.8) is 0 Å². The number of piperidine rings is 1. The topological polar surface area (TPSA) is 204 Å². The number of carbonyl (C=O) groups is 8. The van der Waals surface area contributed by atoms with E-state index in [2.05, 4.69) is 16.0 Å². The van der Waals surface area contributed by atoms with Gasteiger partial charge in [-0.2, -0.15) is 0 Å². The maximum atomic E-state index is 13.8. The Morgan fingerprint density at radius 3 is 2.51 bits per heavy atom. The number of methoxy groups -OCH3 is 1. The summed E-state index contributed by atoms with van der Waals surface area (Å²) >= 11 is 0. The van der Waals surface area contributed by atoms with Crippen LogP contribution in [0.4, 0.5) is 5.69 Å². The molecular formula is C40H46N4O11. The molecule has 3 heterocycles. The van der Waals surface area contributed by atoms with E-state index in [4.69, 9.17) is 14.2 Å². The second-order valence-electron chi connectivity index (χ2n) is 14.9. The molecule has 1 aromatic rings. The first-order valence-electron chi connectivity index (χ1n) is 18.6. The van der Waals surface area contributed by atoms with Crippen LogP contribution in [0.25, 0.3) is 0 Å². The van der Waals surface area contributed by atoms with Crippen molar-refractivity contribution in [3.05, 3.63) is 64.8 Å². The molecule has 5 atom stereocenters. The average molecular weight is 759 g/mol. The Labute approximate surface area is 318 Å². The first kappa shape index (κ1) is 39.1. The zero-order chi connectivity index (χ0) is 39.7. The van der Waals surface area contributed by atoms with Crippen molar-refractivity contribution in [3.8, 4) is 0 Å². The van der Waals surface area contributed by atoms with E-state index >= 15 is 0 Å². The standard InChI is InChI=1S/C40H46N4O11/c1-23(9-8-17-38(3)29-16-19-39(37(52)55-38)18-14-25(36(51)53-4)15-20-40(29,39)54-24(2)45)32(47)42-22-6-5-21-41-27-11-7-10-26-31(27)35(50)44(34(26)49)28-12-13-30(46)43-33(28)48/h7-11,14,17,28-29,41H,5-6,12-13,15-16,18-22H2,1-4H3,(H,42,47)(H,43,46,48)/b17-8+,23-9+/t28?,29-,38-,39-,40+/m1/s1. The van der Waals surface area contributed by atoms with Gasteiger partial charge in [0.15, 0.2) is 0 Å². The number of amides is 5. The van der Waals surface area contributed by atoms with Crippen molar-refractivity contribution in [2.24, 2.45) is 11.3 Å². The van der Waals surface area contributed by atoms with Crippen molar-refractivity contribution in [1.82, 2.24) is 15.5 Å². The summed E-state index contributed by atoms with van der Waals surface area (Å²) in [6.07, 6.45) is 9.78. The summed E-state index contributed by atoms with van der Waals surface area (Å²) in [5.74, 6) is -4.44. The minimum absolute atomic E-state index is 0.0370. The van der Waals surface area contributed by atoms with Gasteiger partial charge in [0.05, 0.1) is 18.2 Å². The monoisotopic (exact) mass is 758 g/mol. The number of hydrogen-bond acceptors (Lipinski definition) is 12. The zero-order valence-corrected chi connectivity index (χ0v) is 31.4. The van der Waals surface area contributed by atoms with E-state index < -0.39 is 64.2 Å². The van der Waals surface area contributed by atoms with Gasteiger partial charge in [0, 0.05) is 49.2 Å². The van der Waals surface area contributed by atoms with Crippen molar-refractivity contribution in [2.75, 3.05) is 25.5 Å². The highest BCUT2D eigenvalue weighted by Gasteiger charge is 2.74. The van der Waals surface area contributed by atoms with Gasteiger partial charge in [-0.3, -0.25) is 43.8 Å². The van der Waals surface area contributed by atoms with Gasteiger partial charge in [0.1, 0.15) is 22.7 Å². The second kappa shape index (κ2) is 15.3. The fourth-order valence-corrected chi connectivity index (χ4v) is 8.93. The summed E-state index contributed by atoms with van der Waals surface area (Å²) < 4.78 is 17.1. The van der Waals surface area contributed by atoms with Crippen LogP contribution in [0.1, 0.15) is 99.3 Å². The number of hydrogen-bond donors (Lipinski definition) is 3. The number of unbranched alkanes of at least 4 members (excludes halogenated alkanes) is 1. The number of fused-ring (bicyclic) bond motifs is 1. The van der Waals surface area contributed by atoms with Crippen LogP contribution in [0.5, 0.6) is 0 Å². The van der Waals surface area contributed by atoms with E-state index in [9.17, 15) is 38.4 Å². The number of esters is 3. The molecule has 15 heteroatoms. The first-order chi connectivity index (χ1) is 26.2. The maximum absolute atomic E-state index is 13.8. The summed E-state index contributed by atoms with van der Waals surface area (Å²) in [6, 6.07) is 3.82. The third kappa shape index (κ3) is 6.96. The highest BCUT2D eigenvalue weighted by molar-refractivity contribution is 6.25.